The topological polar surface area (TPSA) is 60.4 Å². The zero-order chi connectivity index (χ0) is 36.8. The number of halogens is 2. The Morgan fingerprint density at radius 2 is 0.722 bits per heavy atom. The van der Waals surface area contributed by atoms with Gasteiger partial charge in [-0.3, -0.25) is 8.80 Å². The van der Waals surface area contributed by atoms with Gasteiger partial charge in [0.15, 0.2) is 0 Å². The number of hydrogen-bond acceptors (Lipinski definition) is 4. The van der Waals surface area contributed by atoms with Crippen molar-refractivity contribution in [1.29, 1.82) is 0 Å². The molecule has 260 valence electrons. The second-order valence-electron chi connectivity index (χ2n) is 13.0. The molecule has 0 spiro atoms. The number of hydrogen-bond donors (Lipinski definition) is 0. The van der Waals surface area contributed by atoms with E-state index in [1.165, 1.54) is 0 Å². The summed E-state index contributed by atoms with van der Waals surface area (Å²) in [6.07, 6.45) is 0. The maximum absolute atomic E-state index is 6.27. The summed E-state index contributed by atoms with van der Waals surface area (Å²) in [7, 11) is 0. The number of nitrogens with zero attached hydrogens (tertiary/aromatic N) is 6. The van der Waals surface area contributed by atoms with E-state index in [1.54, 1.807) is 0 Å². The largest absolute Gasteiger partial charge is 0.279 e. The molecule has 0 bridgehead atoms. The molecule has 4 heterocycles. The highest BCUT2D eigenvalue weighted by molar-refractivity contribution is 6.32. The minimum atomic E-state index is 0.681. The fourth-order valence-corrected chi connectivity index (χ4v) is 7.51. The number of aryl methyl sites for hydroxylation is 2. The van der Waals surface area contributed by atoms with Gasteiger partial charge in [0.1, 0.15) is 22.9 Å². The fourth-order valence-electron chi connectivity index (χ4n) is 7.17. The van der Waals surface area contributed by atoms with Gasteiger partial charge in [-0.25, -0.2) is 19.9 Å². The van der Waals surface area contributed by atoms with Crippen molar-refractivity contribution in [2.24, 2.45) is 0 Å². The SMILES string of the molecule is Cc1nc2ccc(Cl)cc2c2nc(-c3ccccc3)c(-c3ccccc3)n12.Cc1nc2ccc(Cl)cc2c2nc(-c3ccccc3)c(-c3ccccc3)n12. The number of aromatic nitrogens is 6. The monoisotopic (exact) mass is 738 g/mol. The van der Waals surface area contributed by atoms with Crippen LogP contribution >= 0.6 is 23.2 Å². The number of fused-ring (bicyclic) bond motifs is 6. The van der Waals surface area contributed by atoms with Crippen LogP contribution in [0.2, 0.25) is 10.0 Å². The summed E-state index contributed by atoms with van der Waals surface area (Å²) in [6.45, 7) is 4.04. The molecule has 0 fully saturated rings. The summed E-state index contributed by atoms with van der Waals surface area (Å²) >= 11 is 12.5. The van der Waals surface area contributed by atoms with E-state index in [0.29, 0.717) is 10.0 Å². The zero-order valence-corrected chi connectivity index (χ0v) is 31.0. The van der Waals surface area contributed by atoms with E-state index in [4.69, 9.17) is 43.1 Å². The summed E-state index contributed by atoms with van der Waals surface area (Å²) in [4.78, 5) is 19.7. The molecule has 0 N–H and O–H groups in total. The first-order valence-corrected chi connectivity index (χ1v) is 18.4. The minimum absolute atomic E-state index is 0.681. The minimum Gasteiger partial charge on any atom is -0.279 e. The second kappa shape index (κ2) is 13.9. The van der Waals surface area contributed by atoms with Crippen molar-refractivity contribution in [3.63, 3.8) is 0 Å². The molecule has 6 nitrogen and oxygen atoms in total. The quantitative estimate of drug-likeness (QED) is 0.180. The summed E-state index contributed by atoms with van der Waals surface area (Å²) in [5, 5.41) is 3.26. The molecule has 0 aliphatic rings. The Morgan fingerprint density at radius 3 is 1.07 bits per heavy atom. The van der Waals surface area contributed by atoms with Crippen molar-refractivity contribution in [2.75, 3.05) is 0 Å². The molecule has 0 amide bonds. The lowest BCUT2D eigenvalue weighted by atomic mass is 10.0. The van der Waals surface area contributed by atoms with Crippen LogP contribution in [-0.4, -0.2) is 28.7 Å². The van der Waals surface area contributed by atoms with E-state index in [1.807, 2.05) is 123 Å². The Bertz CT molecular complexity index is 2760. The highest BCUT2D eigenvalue weighted by atomic mass is 35.5. The van der Waals surface area contributed by atoms with Gasteiger partial charge in [0, 0.05) is 43.1 Å². The van der Waals surface area contributed by atoms with E-state index >= 15 is 0 Å². The lowest BCUT2D eigenvalue weighted by Crippen LogP contribution is -1.99. The molecule has 0 saturated carbocycles. The maximum Gasteiger partial charge on any atom is 0.148 e. The van der Waals surface area contributed by atoms with E-state index < -0.39 is 0 Å². The molecule has 0 aliphatic heterocycles. The first-order chi connectivity index (χ1) is 26.4. The van der Waals surface area contributed by atoms with E-state index in [-0.39, 0.29) is 0 Å². The van der Waals surface area contributed by atoms with Crippen LogP contribution in [-0.2, 0) is 0 Å². The van der Waals surface area contributed by atoms with E-state index in [0.717, 1.165) is 89.8 Å². The van der Waals surface area contributed by atoms with E-state index in [2.05, 4.69) is 57.3 Å². The van der Waals surface area contributed by atoms with E-state index in [9.17, 15) is 0 Å². The summed E-state index contributed by atoms with van der Waals surface area (Å²) in [5.41, 5.74) is 11.9. The lowest BCUT2D eigenvalue weighted by Gasteiger charge is -2.09. The van der Waals surface area contributed by atoms with Crippen molar-refractivity contribution in [1.82, 2.24) is 28.7 Å². The number of imidazole rings is 2. The third kappa shape index (κ3) is 5.96. The average molecular weight is 740 g/mol. The summed E-state index contributed by atoms with van der Waals surface area (Å²) < 4.78 is 4.27. The van der Waals surface area contributed by atoms with Crippen LogP contribution in [0.1, 0.15) is 11.6 Å². The van der Waals surface area contributed by atoms with Gasteiger partial charge in [0.05, 0.1) is 33.8 Å². The van der Waals surface area contributed by atoms with Gasteiger partial charge in [-0.05, 0) is 50.2 Å². The summed E-state index contributed by atoms with van der Waals surface area (Å²) in [6, 6.07) is 52.7. The van der Waals surface area contributed by atoms with Gasteiger partial charge in [0.2, 0.25) is 0 Å². The number of benzene rings is 6. The Kier molecular flexibility index (Phi) is 8.62. The van der Waals surface area contributed by atoms with Crippen LogP contribution in [0.4, 0.5) is 0 Å². The van der Waals surface area contributed by atoms with Crippen molar-refractivity contribution in [3.05, 3.63) is 179 Å². The van der Waals surface area contributed by atoms with Crippen LogP contribution < -0.4 is 0 Å². The van der Waals surface area contributed by atoms with Gasteiger partial charge in [-0.1, -0.05) is 145 Å². The Hall–Kier alpha value is -6.34. The molecule has 0 aliphatic carbocycles. The predicted octanol–water partition coefficient (Wildman–Crippen LogP) is 12.4. The van der Waals surface area contributed by atoms with Crippen LogP contribution in [0.3, 0.4) is 0 Å². The highest BCUT2D eigenvalue weighted by Crippen LogP contribution is 2.37. The molecule has 0 atom stereocenters. The fraction of sp³-hybridized carbons (Fsp3) is 0.0435. The van der Waals surface area contributed by atoms with Gasteiger partial charge < -0.3 is 0 Å². The second-order valence-corrected chi connectivity index (χ2v) is 13.9. The molecule has 4 aromatic heterocycles. The highest BCUT2D eigenvalue weighted by Gasteiger charge is 2.21. The molecule has 0 radical (unpaired) electrons. The molecule has 10 rings (SSSR count). The van der Waals surface area contributed by atoms with Gasteiger partial charge in [-0.15, -0.1) is 0 Å². The molecule has 8 heteroatoms. The maximum atomic E-state index is 6.27. The lowest BCUT2D eigenvalue weighted by molar-refractivity contribution is 1.02. The first-order valence-electron chi connectivity index (χ1n) is 17.6. The van der Waals surface area contributed by atoms with Crippen molar-refractivity contribution < 1.29 is 0 Å². The molecule has 54 heavy (non-hydrogen) atoms. The normalized spacial score (nSPS) is 11.3. The standard InChI is InChI=1S/2C23H16ClN3/c2*1-15-25-20-13-12-18(24)14-19(20)23-26-21(16-8-4-2-5-9-16)22(27(15)23)17-10-6-3-7-11-17/h2*2-14H,1H3. The van der Waals surface area contributed by atoms with Crippen molar-refractivity contribution >= 4 is 56.3 Å². The third-order valence-electron chi connectivity index (χ3n) is 9.55. The molecular formula is C46H32Cl2N6. The van der Waals surface area contributed by atoms with Crippen LogP contribution in [0, 0.1) is 13.8 Å². The summed E-state index contributed by atoms with van der Waals surface area (Å²) in [5.74, 6) is 1.79. The van der Waals surface area contributed by atoms with Crippen LogP contribution in [0.5, 0.6) is 0 Å². The zero-order valence-electron chi connectivity index (χ0n) is 29.5. The van der Waals surface area contributed by atoms with Crippen molar-refractivity contribution in [3.8, 4) is 45.0 Å². The first kappa shape index (κ1) is 33.5. The van der Waals surface area contributed by atoms with Gasteiger partial charge in [-0.2, -0.15) is 0 Å². The van der Waals surface area contributed by atoms with Crippen LogP contribution in [0.25, 0.3) is 78.1 Å². The average Bonchev–Trinajstić information content (AvgIpc) is 3.82. The van der Waals surface area contributed by atoms with Gasteiger partial charge in [0.25, 0.3) is 0 Å². The molecule has 0 unspecified atom stereocenters. The molecular weight excluding hydrogens is 707 g/mol. The van der Waals surface area contributed by atoms with Crippen molar-refractivity contribution in [2.45, 2.75) is 13.8 Å². The Balaban J connectivity index is 0.000000142. The van der Waals surface area contributed by atoms with Crippen LogP contribution in [0.15, 0.2) is 158 Å². The molecule has 6 aromatic carbocycles. The van der Waals surface area contributed by atoms with Gasteiger partial charge >= 0.3 is 0 Å². The smallest absolute Gasteiger partial charge is 0.148 e. The molecule has 0 saturated heterocycles. The Morgan fingerprint density at radius 1 is 0.389 bits per heavy atom. The number of rotatable bonds is 4. The third-order valence-corrected chi connectivity index (χ3v) is 10.0. The molecule has 10 aromatic rings. The predicted molar refractivity (Wildman–Crippen MR) is 222 cm³/mol. The Labute approximate surface area is 322 Å².